The second-order valence-electron chi connectivity index (χ2n) is 7.40. The molecule has 4 rings (SSSR count). The van der Waals surface area contributed by atoms with E-state index < -0.39 is 5.60 Å². The van der Waals surface area contributed by atoms with Crippen LogP contribution in [0.4, 0.5) is 0 Å². The van der Waals surface area contributed by atoms with Crippen molar-refractivity contribution in [1.29, 1.82) is 0 Å². The molecule has 3 aromatic rings. The number of amides is 1. The first-order chi connectivity index (χ1) is 12.5. The molecule has 0 atom stereocenters. The zero-order valence-electron chi connectivity index (χ0n) is 14.7. The fourth-order valence-electron chi connectivity index (χ4n) is 3.78. The van der Waals surface area contributed by atoms with E-state index >= 15 is 0 Å². The van der Waals surface area contributed by atoms with Crippen molar-refractivity contribution >= 4 is 16.9 Å². The Morgan fingerprint density at radius 1 is 1.12 bits per heavy atom. The lowest BCUT2D eigenvalue weighted by molar-refractivity contribution is -0.0245. The molecule has 0 radical (unpaired) electrons. The SMILES string of the molecule is CC1(NC(=O)c2ccccc2)CCC(O)(c2nccc3occc23)CC1. The molecule has 1 aliphatic rings. The summed E-state index contributed by atoms with van der Waals surface area (Å²) in [7, 11) is 0. The maximum atomic E-state index is 12.5. The Morgan fingerprint density at radius 2 is 1.85 bits per heavy atom. The summed E-state index contributed by atoms with van der Waals surface area (Å²) in [6.45, 7) is 2.04. The minimum absolute atomic E-state index is 0.0754. The van der Waals surface area contributed by atoms with E-state index in [2.05, 4.69) is 10.3 Å². The van der Waals surface area contributed by atoms with Crippen LogP contribution in [-0.4, -0.2) is 21.5 Å². The molecule has 2 heterocycles. The van der Waals surface area contributed by atoms with Crippen molar-refractivity contribution in [3.63, 3.8) is 0 Å². The summed E-state index contributed by atoms with van der Waals surface area (Å²) in [6.07, 6.45) is 5.72. The highest BCUT2D eigenvalue weighted by atomic mass is 16.3. The summed E-state index contributed by atoms with van der Waals surface area (Å²) in [6, 6.07) is 12.9. The standard InChI is InChI=1S/C21H22N2O3/c1-20(23-19(24)15-5-3-2-4-6-15)9-11-21(25,12-10-20)18-16-8-14-26-17(16)7-13-22-18/h2-8,13-14,25H,9-12H2,1H3,(H,23,24). The molecule has 0 bridgehead atoms. The van der Waals surface area contributed by atoms with Gasteiger partial charge in [0.25, 0.3) is 5.91 Å². The highest BCUT2D eigenvalue weighted by molar-refractivity contribution is 5.94. The Labute approximate surface area is 152 Å². The Morgan fingerprint density at radius 3 is 2.58 bits per heavy atom. The first-order valence-corrected chi connectivity index (χ1v) is 8.92. The summed E-state index contributed by atoms with van der Waals surface area (Å²) < 4.78 is 5.43. The van der Waals surface area contributed by atoms with Gasteiger partial charge in [-0.1, -0.05) is 18.2 Å². The number of hydrogen-bond acceptors (Lipinski definition) is 4. The minimum Gasteiger partial charge on any atom is -0.464 e. The smallest absolute Gasteiger partial charge is 0.251 e. The largest absolute Gasteiger partial charge is 0.464 e. The number of pyridine rings is 1. The molecule has 0 aliphatic heterocycles. The Hall–Kier alpha value is -2.66. The summed E-state index contributed by atoms with van der Waals surface area (Å²) in [5.74, 6) is -0.0754. The molecular formula is C21H22N2O3. The Balaban J connectivity index is 1.51. The second-order valence-corrected chi connectivity index (χ2v) is 7.40. The number of rotatable bonds is 3. The molecule has 2 N–H and O–H groups in total. The molecular weight excluding hydrogens is 328 g/mol. The van der Waals surface area contributed by atoms with Crippen molar-refractivity contribution in [3.05, 3.63) is 66.2 Å². The third-order valence-electron chi connectivity index (χ3n) is 5.45. The van der Waals surface area contributed by atoms with Crippen LogP contribution >= 0.6 is 0 Å². The molecule has 0 unspecified atom stereocenters. The third-order valence-corrected chi connectivity index (χ3v) is 5.45. The number of benzene rings is 1. The quantitative estimate of drug-likeness (QED) is 0.754. The Bertz CT molecular complexity index is 925. The maximum absolute atomic E-state index is 12.5. The lowest BCUT2D eigenvalue weighted by atomic mass is 9.73. The average Bonchev–Trinajstić information content (AvgIpc) is 3.14. The maximum Gasteiger partial charge on any atom is 0.251 e. The van der Waals surface area contributed by atoms with Gasteiger partial charge in [-0.05, 0) is 56.9 Å². The van der Waals surface area contributed by atoms with E-state index in [0.29, 0.717) is 36.9 Å². The van der Waals surface area contributed by atoms with Crippen LogP contribution in [0.15, 0.2) is 59.3 Å². The highest BCUT2D eigenvalue weighted by Crippen LogP contribution is 2.42. The normalized spacial score (nSPS) is 25.9. The highest BCUT2D eigenvalue weighted by Gasteiger charge is 2.42. The van der Waals surface area contributed by atoms with Gasteiger partial charge in [0.05, 0.1) is 12.0 Å². The zero-order chi connectivity index (χ0) is 18.2. The van der Waals surface area contributed by atoms with Crippen LogP contribution in [-0.2, 0) is 5.60 Å². The topological polar surface area (TPSA) is 75.4 Å². The number of aromatic nitrogens is 1. The minimum atomic E-state index is -1.000. The first-order valence-electron chi connectivity index (χ1n) is 8.92. The van der Waals surface area contributed by atoms with Gasteiger partial charge >= 0.3 is 0 Å². The number of furan rings is 1. The number of nitrogens with one attached hydrogen (secondary N) is 1. The van der Waals surface area contributed by atoms with E-state index in [1.54, 1.807) is 30.7 Å². The van der Waals surface area contributed by atoms with Gasteiger partial charge in [0, 0.05) is 22.7 Å². The van der Waals surface area contributed by atoms with E-state index in [9.17, 15) is 9.90 Å². The van der Waals surface area contributed by atoms with Crippen LogP contribution in [0.3, 0.4) is 0 Å². The molecule has 1 amide bonds. The van der Waals surface area contributed by atoms with Crippen molar-refractivity contribution in [3.8, 4) is 0 Å². The van der Waals surface area contributed by atoms with Crippen LogP contribution in [0.2, 0.25) is 0 Å². The number of fused-ring (bicyclic) bond motifs is 1. The van der Waals surface area contributed by atoms with E-state index in [1.807, 2.05) is 31.2 Å². The molecule has 26 heavy (non-hydrogen) atoms. The lowest BCUT2D eigenvalue weighted by Gasteiger charge is -2.42. The van der Waals surface area contributed by atoms with Crippen LogP contribution in [0.1, 0.15) is 48.7 Å². The molecule has 134 valence electrons. The van der Waals surface area contributed by atoms with Gasteiger partial charge in [-0.3, -0.25) is 9.78 Å². The first kappa shape index (κ1) is 16.8. The predicted octanol–water partition coefficient (Wildman–Crippen LogP) is 3.78. The number of carbonyl (C=O) groups is 1. The van der Waals surface area contributed by atoms with Gasteiger partial charge < -0.3 is 14.8 Å². The zero-order valence-corrected chi connectivity index (χ0v) is 14.7. The number of aliphatic hydroxyl groups is 1. The van der Waals surface area contributed by atoms with E-state index in [-0.39, 0.29) is 11.4 Å². The Kier molecular flexibility index (Phi) is 4.04. The molecule has 1 saturated carbocycles. The van der Waals surface area contributed by atoms with Crippen LogP contribution in [0.5, 0.6) is 0 Å². The summed E-state index contributed by atoms with van der Waals surface area (Å²) in [5.41, 5.74) is 0.706. The fourth-order valence-corrected chi connectivity index (χ4v) is 3.78. The van der Waals surface area contributed by atoms with Crippen LogP contribution in [0.25, 0.3) is 11.0 Å². The molecule has 0 saturated heterocycles. The summed E-state index contributed by atoms with van der Waals surface area (Å²) in [5, 5.41) is 15.2. The van der Waals surface area contributed by atoms with Crippen molar-refractivity contribution in [2.75, 3.05) is 0 Å². The predicted molar refractivity (Wildman–Crippen MR) is 98.7 cm³/mol. The monoisotopic (exact) mass is 350 g/mol. The van der Waals surface area contributed by atoms with Crippen molar-refractivity contribution < 1.29 is 14.3 Å². The number of nitrogens with zero attached hydrogens (tertiary/aromatic N) is 1. The van der Waals surface area contributed by atoms with Gasteiger partial charge in [0.1, 0.15) is 11.2 Å². The third kappa shape index (κ3) is 2.99. The molecule has 0 spiro atoms. The van der Waals surface area contributed by atoms with Crippen molar-refractivity contribution in [1.82, 2.24) is 10.3 Å². The van der Waals surface area contributed by atoms with Crippen molar-refractivity contribution in [2.24, 2.45) is 0 Å². The van der Waals surface area contributed by atoms with Crippen LogP contribution in [0, 0.1) is 0 Å². The molecule has 5 heteroatoms. The van der Waals surface area contributed by atoms with E-state index in [4.69, 9.17) is 4.42 Å². The van der Waals surface area contributed by atoms with Gasteiger partial charge in [-0.25, -0.2) is 0 Å². The number of carbonyl (C=O) groups excluding carboxylic acids is 1. The fraction of sp³-hybridized carbons (Fsp3) is 0.333. The van der Waals surface area contributed by atoms with Crippen LogP contribution < -0.4 is 5.32 Å². The molecule has 5 nitrogen and oxygen atoms in total. The van der Waals surface area contributed by atoms with Gasteiger partial charge in [-0.2, -0.15) is 0 Å². The molecule has 1 fully saturated rings. The number of hydrogen-bond donors (Lipinski definition) is 2. The molecule has 1 aliphatic carbocycles. The van der Waals surface area contributed by atoms with E-state index in [1.165, 1.54) is 0 Å². The molecule has 2 aromatic heterocycles. The summed E-state index contributed by atoms with van der Waals surface area (Å²) in [4.78, 5) is 16.9. The second kappa shape index (κ2) is 6.25. The van der Waals surface area contributed by atoms with Gasteiger partial charge in [0.2, 0.25) is 0 Å². The van der Waals surface area contributed by atoms with Gasteiger partial charge in [0.15, 0.2) is 0 Å². The molecule has 1 aromatic carbocycles. The lowest BCUT2D eigenvalue weighted by Crippen LogP contribution is -2.51. The average molecular weight is 350 g/mol. The summed E-state index contributed by atoms with van der Waals surface area (Å²) >= 11 is 0. The van der Waals surface area contributed by atoms with Crippen molar-refractivity contribution in [2.45, 2.75) is 43.7 Å². The van der Waals surface area contributed by atoms with E-state index in [0.717, 1.165) is 11.0 Å². The van der Waals surface area contributed by atoms with Gasteiger partial charge in [-0.15, -0.1) is 0 Å².